The molecule has 0 bridgehead atoms. The molecule has 0 aliphatic carbocycles. The summed E-state index contributed by atoms with van der Waals surface area (Å²) in [4.78, 5) is 12.2. The Morgan fingerprint density at radius 3 is 2.58 bits per heavy atom. The molecule has 0 amide bonds. The van der Waals surface area contributed by atoms with Gasteiger partial charge in [-0.15, -0.1) is 0 Å². The van der Waals surface area contributed by atoms with Gasteiger partial charge in [0.05, 0.1) is 5.92 Å². The van der Waals surface area contributed by atoms with E-state index in [0.29, 0.717) is 5.56 Å². The van der Waals surface area contributed by atoms with E-state index in [9.17, 15) is 15.2 Å². The molecule has 1 aliphatic rings. The molecular formula is C16H10Cl2N2O4. The second kappa shape index (κ2) is 6.21. The number of benzene rings is 1. The molecule has 1 aliphatic heterocycles. The van der Waals surface area contributed by atoms with E-state index < -0.39 is 18.0 Å². The lowest BCUT2D eigenvalue weighted by Gasteiger charge is -2.25. The maximum Gasteiger partial charge on any atom is 0.228 e. The van der Waals surface area contributed by atoms with Crippen molar-refractivity contribution in [2.24, 2.45) is 5.73 Å². The lowest BCUT2D eigenvalue weighted by molar-refractivity contribution is 0.231. The van der Waals surface area contributed by atoms with Gasteiger partial charge in [-0.1, -0.05) is 29.3 Å². The van der Waals surface area contributed by atoms with Gasteiger partial charge in [-0.2, -0.15) is 5.26 Å². The van der Waals surface area contributed by atoms with Crippen molar-refractivity contribution in [3.8, 4) is 11.8 Å². The molecule has 1 atom stereocenters. The normalized spacial score (nSPS) is 16.3. The highest BCUT2D eigenvalue weighted by Gasteiger charge is 2.37. The van der Waals surface area contributed by atoms with E-state index in [-0.39, 0.29) is 38.8 Å². The van der Waals surface area contributed by atoms with Crippen LogP contribution in [0.25, 0.3) is 0 Å². The minimum absolute atomic E-state index is 0.00994. The van der Waals surface area contributed by atoms with Gasteiger partial charge >= 0.3 is 0 Å². The van der Waals surface area contributed by atoms with Crippen LogP contribution in [-0.2, 0) is 6.61 Å². The summed E-state index contributed by atoms with van der Waals surface area (Å²) in [6.45, 7) is -0.493. The number of hydrogen-bond acceptors (Lipinski definition) is 6. The number of ether oxygens (including phenoxy) is 1. The molecule has 3 rings (SSSR count). The third-order valence-corrected chi connectivity index (χ3v) is 4.23. The maximum atomic E-state index is 12.2. The van der Waals surface area contributed by atoms with E-state index in [0.717, 1.165) is 6.07 Å². The number of nitrogens with two attached hydrogens (primary N) is 1. The van der Waals surface area contributed by atoms with Crippen LogP contribution in [-0.4, -0.2) is 5.11 Å². The van der Waals surface area contributed by atoms with Gasteiger partial charge in [-0.05, 0) is 12.1 Å². The van der Waals surface area contributed by atoms with Crippen LogP contribution < -0.4 is 15.9 Å². The Balaban J connectivity index is 2.38. The number of rotatable bonds is 2. The van der Waals surface area contributed by atoms with E-state index in [1.54, 1.807) is 18.2 Å². The number of halogens is 2. The number of hydrogen-bond donors (Lipinski definition) is 2. The summed E-state index contributed by atoms with van der Waals surface area (Å²) in [6, 6.07) is 7.87. The lowest BCUT2D eigenvalue weighted by Crippen LogP contribution is -2.25. The summed E-state index contributed by atoms with van der Waals surface area (Å²) in [7, 11) is 0. The quantitative estimate of drug-likeness (QED) is 0.847. The number of aliphatic hydroxyl groups excluding tert-OH is 1. The predicted molar refractivity (Wildman–Crippen MR) is 86.7 cm³/mol. The Bertz CT molecular complexity index is 939. The highest BCUT2D eigenvalue weighted by molar-refractivity contribution is 6.36. The zero-order chi connectivity index (χ0) is 17.4. The molecule has 122 valence electrons. The van der Waals surface area contributed by atoms with Crippen molar-refractivity contribution in [3.05, 3.63) is 73.1 Å². The van der Waals surface area contributed by atoms with Gasteiger partial charge in [0.1, 0.15) is 24.0 Å². The summed E-state index contributed by atoms with van der Waals surface area (Å²) in [5.41, 5.74) is 5.63. The molecule has 0 saturated carbocycles. The van der Waals surface area contributed by atoms with Crippen molar-refractivity contribution in [1.29, 1.82) is 5.26 Å². The Kier molecular flexibility index (Phi) is 4.24. The van der Waals surface area contributed by atoms with Gasteiger partial charge in [-0.3, -0.25) is 4.79 Å². The third kappa shape index (κ3) is 2.53. The molecule has 3 N–H and O–H groups in total. The molecule has 0 radical (unpaired) electrons. The number of allylic oxidation sites excluding steroid dienone is 1. The van der Waals surface area contributed by atoms with Crippen LogP contribution >= 0.6 is 23.2 Å². The molecule has 0 saturated heterocycles. The number of nitrogens with zero attached hydrogens (tertiary/aromatic N) is 1. The van der Waals surface area contributed by atoms with Crippen molar-refractivity contribution in [2.75, 3.05) is 0 Å². The zero-order valence-electron chi connectivity index (χ0n) is 12.0. The van der Waals surface area contributed by atoms with E-state index in [1.165, 1.54) is 0 Å². The first-order valence-corrected chi connectivity index (χ1v) is 7.52. The van der Waals surface area contributed by atoms with E-state index in [2.05, 4.69) is 0 Å². The van der Waals surface area contributed by atoms with Gasteiger partial charge in [0.15, 0.2) is 5.76 Å². The van der Waals surface area contributed by atoms with Crippen molar-refractivity contribution in [3.63, 3.8) is 0 Å². The first-order valence-electron chi connectivity index (χ1n) is 6.77. The predicted octanol–water partition coefficient (Wildman–Crippen LogP) is 2.66. The first-order chi connectivity index (χ1) is 11.5. The second-order valence-electron chi connectivity index (χ2n) is 4.99. The summed E-state index contributed by atoms with van der Waals surface area (Å²) in [5, 5.41) is 19.3. The van der Waals surface area contributed by atoms with Gasteiger partial charge in [0, 0.05) is 21.7 Å². The van der Waals surface area contributed by atoms with Crippen LogP contribution in [0.1, 0.15) is 23.0 Å². The van der Waals surface area contributed by atoms with Crippen molar-refractivity contribution >= 4 is 23.2 Å². The highest BCUT2D eigenvalue weighted by Crippen LogP contribution is 2.45. The number of aliphatic hydroxyl groups is 1. The van der Waals surface area contributed by atoms with Crippen LogP contribution in [0.2, 0.25) is 10.0 Å². The molecule has 0 spiro atoms. The molecule has 1 aromatic carbocycles. The highest BCUT2D eigenvalue weighted by atomic mass is 35.5. The molecule has 2 heterocycles. The summed E-state index contributed by atoms with van der Waals surface area (Å²) in [5.74, 6) is -1.26. The minimum atomic E-state index is -0.917. The first kappa shape index (κ1) is 16.4. The van der Waals surface area contributed by atoms with Crippen LogP contribution in [0.4, 0.5) is 0 Å². The van der Waals surface area contributed by atoms with E-state index >= 15 is 0 Å². The Hall–Kier alpha value is -2.46. The lowest BCUT2D eigenvalue weighted by atomic mass is 9.87. The molecule has 0 fully saturated rings. The second-order valence-corrected chi connectivity index (χ2v) is 5.80. The number of nitriles is 1. The molecule has 2 aromatic rings. The molecule has 8 heteroatoms. The van der Waals surface area contributed by atoms with Crippen LogP contribution in [0.5, 0.6) is 5.75 Å². The fourth-order valence-electron chi connectivity index (χ4n) is 2.54. The Morgan fingerprint density at radius 1 is 1.33 bits per heavy atom. The maximum absolute atomic E-state index is 12.2. The zero-order valence-corrected chi connectivity index (χ0v) is 13.6. The molecule has 6 nitrogen and oxygen atoms in total. The topological polar surface area (TPSA) is 109 Å². The van der Waals surface area contributed by atoms with Crippen LogP contribution in [0.3, 0.4) is 0 Å². The summed E-state index contributed by atoms with van der Waals surface area (Å²) in [6.07, 6.45) is 0. The number of fused-ring (bicyclic) bond motifs is 1. The Labute approximate surface area is 146 Å². The van der Waals surface area contributed by atoms with Crippen molar-refractivity contribution in [1.82, 2.24) is 0 Å². The fourth-order valence-corrected chi connectivity index (χ4v) is 3.15. The molecular weight excluding hydrogens is 355 g/mol. The van der Waals surface area contributed by atoms with Crippen LogP contribution in [0.15, 0.2) is 44.9 Å². The van der Waals surface area contributed by atoms with Gasteiger partial charge in [0.25, 0.3) is 0 Å². The van der Waals surface area contributed by atoms with Crippen molar-refractivity contribution in [2.45, 2.75) is 12.5 Å². The van der Waals surface area contributed by atoms with Gasteiger partial charge < -0.3 is 20.0 Å². The molecule has 1 aromatic heterocycles. The smallest absolute Gasteiger partial charge is 0.228 e. The van der Waals surface area contributed by atoms with Gasteiger partial charge in [0.2, 0.25) is 17.1 Å². The monoisotopic (exact) mass is 364 g/mol. The largest absolute Gasteiger partial charge is 0.458 e. The van der Waals surface area contributed by atoms with Crippen LogP contribution in [0, 0.1) is 11.3 Å². The minimum Gasteiger partial charge on any atom is -0.458 e. The standard InChI is InChI=1S/C16H10Cl2N2O4/c17-9-2-1-3-10(18)13(9)12-8(5-19)16(20)24-14-11(22)4-7(6-21)23-15(12)14/h1-4,12,21H,6,20H2/t12-/m1/s1. The average molecular weight is 365 g/mol. The van der Waals surface area contributed by atoms with Crippen molar-refractivity contribution < 1.29 is 14.3 Å². The summed E-state index contributed by atoms with van der Waals surface area (Å²) >= 11 is 12.5. The van der Waals surface area contributed by atoms with Gasteiger partial charge in [-0.25, -0.2) is 0 Å². The fraction of sp³-hybridized carbons (Fsp3) is 0.125. The SMILES string of the molecule is N#CC1=C(N)Oc2c(oc(CO)cc2=O)[C@H]1c1c(Cl)cccc1Cl. The Morgan fingerprint density at radius 2 is 2.00 bits per heavy atom. The average Bonchev–Trinajstić information content (AvgIpc) is 2.55. The van der Waals surface area contributed by atoms with E-state index in [1.807, 2.05) is 6.07 Å². The third-order valence-electron chi connectivity index (χ3n) is 3.57. The molecule has 24 heavy (non-hydrogen) atoms. The molecule has 0 unspecified atom stereocenters. The van der Waals surface area contributed by atoms with E-state index in [4.69, 9.17) is 38.1 Å². The summed E-state index contributed by atoms with van der Waals surface area (Å²) < 4.78 is 10.8.